The Labute approximate surface area is 118 Å². The maximum absolute atomic E-state index is 11.8. The smallest absolute Gasteiger partial charge is 0.270 e. The standard InChI is InChI=1S/C14H9BrN2O2/c15-11-6-8-12(9-7-11)17-13(14(18)19-16-17)10-4-2-1-3-5-10/h1-9H. The van der Waals surface area contributed by atoms with Crippen molar-refractivity contribution < 1.29 is 14.3 Å². The van der Waals surface area contributed by atoms with Crippen LogP contribution in [0.25, 0.3) is 16.9 Å². The monoisotopic (exact) mass is 316 g/mol. The topological polar surface area (TPSA) is 53.0 Å². The summed E-state index contributed by atoms with van der Waals surface area (Å²) in [5, 5.41) is 15.6. The van der Waals surface area contributed by atoms with Gasteiger partial charge in [-0.2, -0.15) is 0 Å². The molecule has 94 valence electrons. The molecule has 0 aliphatic rings. The van der Waals surface area contributed by atoms with E-state index in [2.05, 4.69) is 21.2 Å². The number of benzene rings is 2. The molecule has 19 heavy (non-hydrogen) atoms. The third-order valence-electron chi connectivity index (χ3n) is 2.73. The van der Waals surface area contributed by atoms with E-state index in [1.54, 1.807) is 0 Å². The van der Waals surface area contributed by atoms with Gasteiger partial charge in [-0.25, -0.2) is 0 Å². The Morgan fingerprint density at radius 3 is 2.37 bits per heavy atom. The molecule has 0 saturated heterocycles. The zero-order valence-corrected chi connectivity index (χ0v) is 11.4. The highest BCUT2D eigenvalue weighted by Gasteiger charge is 2.21. The van der Waals surface area contributed by atoms with Gasteiger partial charge in [0.1, 0.15) is 0 Å². The van der Waals surface area contributed by atoms with Gasteiger partial charge in [-0.15, -0.1) is 0 Å². The average Bonchev–Trinajstić information content (AvgIpc) is 2.82. The fourth-order valence-electron chi connectivity index (χ4n) is 1.84. The minimum Gasteiger partial charge on any atom is -0.539 e. The lowest BCUT2D eigenvalue weighted by molar-refractivity contribution is -0.660. The Bertz CT molecular complexity index is 693. The van der Waals surface area contributed by atoms with E-state index in [-0.39, 0.29) is 0 Å². The predicted molar refractivity (Wildman–Crippen MR) is 70.6 cm³/mol. The Balaban J connectivity index is 2.16. The van der Waals surface area contributed by atoms with Crippen LogP contribution in [0.4, 0.5) is 0 Å². The molecule has 0 N–H and O–H groups in total. The number of nitrogens with zero attached hydrogens (tertiary/aromatic N) is 2. The maximum Gasteiger partial charge on any atom is 0.270 e. The van der Waals surface area contributed by atoms with E-state index in [1.165, 1.54) is 4.68 Å². The molecule has 5 heteroatoms. The predicted octanol–water partition coefficient (Wildman–Crippen LogP) is 2.45. The molecule has 0 aliphatic carbocycles. The van der Waals surface area contributed by atoms with E-state index in [9.17, 15) is 5.11 Å². The van der Waals surface area contributed by atoms with Gasteiger partial charge in [0.05, 0.1) is 10.8 Å². The van der Waals surface area contributed by atoms with Crippen molar-refractivity contribution in [3.63, 3.8) is 0 Å². The van der Waals surface area contributed by atoms with Crippen molar-refractivity contribution in [1.29, 1.82) is 0 Å². The second kappa shape index (κ2) is 4.85. The summed E-state index contributed by atoms with van der Waals surface area (Å²) < 4.78 is 7.25. The van der Waals surface area contributed by atoms with Gasteiger partial charge in [0.15, 0.2) is 5.95 Å². The molecule has 0 atom stereocenters. The number of rotatable bonds is 2. The summed E-state index contributed by atoms with van der Waals surface area (Å²) in [5.41, 5.74) is 1.97. The largest absolute Gasteiger partial charge is 0.539 e. The van der Waals surface area contributed by atoms with E-state index in [1.807, 2.05) is 54.6 Å². The zero-order valence-electron chi connectivity index (χ0n) is 9.79. The van der Waals surface area contributed by atoms with Gasteiger partial charge in [0.25, 0.3) is 5.69 Å². The lowest BCUT2D eigenvalue weighted by Gasteiger charge is -1.98. The van der Waals surface area contributed by atoms with E-state index in [0.717, 1.165) is 15.7 Å². The summed E-state index contributed by atoms with van der Waals surface area (Å²) in [6, 6.07) is 16.8. The van der Waals surface area contributed by atoms with Crippen LogP contribution in [0.2, 0.25) is 0 Å². The lowest BCUT2D eigenvalue weighted by atomic mass is 10.1. The summed E-state index contributed by atoms with van der Waals surface area (Å²) in [4.78, 5) is 0. The fraction of sp³-hybridized carbons (Fsp3) is 0. The van der Waals surface area contributed by atoms with Crippen LogP contribution in [-0.4, -0.2) is 5.27 Å². The summed E-state index contributed by atoms with van der Waals surface area (Å²) in [7, 11) is 0. The molecule has 3 aromatic rings. The van der Waals surface area contributed by atoms with Crippen LogP contribution < -0.4 is 9.79 Å². The van der Waals surface area contributed by atoms with Crippen molar-refractivity contribution in [1.82, 2.24) is 5.27 Å². The first-order valence-corrected chi connectivity index (χ1v) is 6.45. The molecule has 0 amide bonds. The first-order chi connectivity index (χ1) is 9.25. The van der Waals surface area contributed by atoms with Gasteiger partial charge in [-0.3, -0.25) is 0 Å². The lowest BCUT2D eigenvalue weighted by Crippen LogP contribution is -2.34. The second-order valence-corrected chi connectivity index (χ2v) is 4.88. The van der Waals surface area contributed by atoms with Gasteiger partial charge < -0.3 is 9.63 Å². The van der Waals surface area contributed by atoms with Crippen molar-refractivity contribution in [2.24, 2.45) is 0 Å². The Morgan fingerprint density at radius 2 is 1.68 bits per heavy atom. The van der Waals surface area contributed by atoms with Crippen LogP contribution in [0.15, 0.2) is 63.6 Å². The molecular weight excluding hydrogens is 308 g/mol. The molecule has 0 radical (unpaired) electrons. The number of hydrogen-bond donors (Lipinski definition) is 0. The minimum absolute atomic E-state index is 0.419. The van der Waals surface area contributed by atoms with Gasteiger partial charge in [0.2, 0.25) is 5.69 Å². The third kappa shape index (κ3) is 2.24. The van der Waals surface area contributed by atoms with Crippen LogP contribution in [0.1, 0.15) is 0 Å². The molecule has 3 rings (SSSR count). The first kappa shape index (κ1) is 11.9. The van der Waals surface area contributed by atoms with Crippen molar-refractivity contribution >= 4 is 15.9 Å². The third-order valence-corrected chi connectivity index (χ3v) is 3.26. The van der Waals surface area contributed by atoms with Gasteiger partial charge >= 0.3 is 0 Å². The van der Waals surface area contributed by atoms with E-state index < -0.39 is 5.95 Å². The van der Waals surface area contributed by atoms with Crippen molar-refractivity contribution in [3.05, 3.63) is 59.1 Å². The van der Waals surface area contributed by atoms with Crippen molar-refractivity contribution in [3.8, 4) is 22.9 Å². The zero-order chi connectivity index (χ0) is 13.2. The van der Waals surface area contributed by atoms with Gasteiger partial charge in [0, 0.05) is 16.6 Å². The highest BCUT2D eigenvalue weighted by molar-refractivity contribution is 9.10. The summed E-state index contributed by atoms with van der Waals surface area (Å²) in [6.45, 7) is 0. The summed E-state index contributed by atoms with van der Waals surface area (Å²) >= 11 is 3.37. The van der Waals surface area contributed by atoms with Crippen LogP contribution in [0, 0.1) is 0 Å². The average molecular weight is 317 g/mol. The molecule has 0 bridgehead atoms. The number of hydrogen-bond acceptors (Lipinski definition) is 3. The molecule has 0 unspecified atom stereocenters. The second-order valence-electron chi connectivity index (χ2n) is 3.96. The van der Waals surface area contributed by atoms with Crippen LogP contribution in [-0.2, 0) is 0 Å². The maximum atomic E-state index is 11.8. The molecule has 0 saturated carbocycles. The van der Waals surface area contributed by atoms with Crippen molar-refractivity contribution in [2.75, 3.05) is 0 Å². The van der Waals surface area contributed by atoms with E-state index in [0.29, 0.717) is 5.69 Å². The number of aromatic nitrogens is 2. The molecule has 0 aliphatic heterocycles. The first-order valence-electron chi connectivity index (χ1n) is 5.66. The van der Waals surface area contributed by atoms with Crippen LogP contribution in [0.3, 0.4) is 0 Å². The highest BCUT2D eigenvalue weighted by atomic mass is 79.9. The summed E-state index contributed by atoms with van der Waals surface area (Å²) in [6.07, 6.45) is 0. The van der Waals surface area contributed by atoms with E-state index >= 15 is 0 Å². The van der Waals surface area contributed by atoms with Gasteiger partial charge in [-0.1, -0.05) is 34.1 Å². The SMILES string of the molecule is [O-]c1on[n+](-c2ccc(Br)cc2)c1-c1ccccc1. The molecule has 2 aromatic carbocycles. The fourth-order valence-corrected chi connectivity index (χ4v) is 2.11. The van der Waals surface area contributed by atoms with Crippen LogP contribution in [0.5, 0.6) is 5.95 Å². The normalized spacial score (nSPS) is 10.6. The number of halogens is 1. The Hall–Kier alpha value is -2.14. The molecule has 0 spiro atoms. The van der Waals surface area contributed by atoms with E-state index in [4.69, 9.17) is 4.52 Å². The minimum atomic E-state index is -0.450. The molecule has 0 fully saturated rings. The molecule has 4 nitrogen and oxygen atoms in total. The Kier molecular flexibility index (Phi) is 3.05. The quantitative estimate of drug-likeness (QED) is 0.682. The highest BCUT2D eigenvalue weighted by Crippen LogP contribution is 2.24. The van der Waals surface area contributed by atoms with Crippen LogP contribution >= 0.6 is 15.9 Å². The van der Waals surface area contributed by atoms with Crippen molar-refractivity contribution in [2.45, 2.75) is 0 Å². The molecule has 1 heterocycles. The molecule has 1 aromatic heterocycles. The molecular formula is C14H9BrN2O2. The summed E-state index contributed by atoms with van der Waals surface area (Å²) in [5.74, 6) is -0.450. The Morgan fingerprint density at radius 1 is 1.00 bits per heavy atom. The van der Waals surface area contributed by atoms with Gasteiger partial charge in [-0.05, 0) is 28.9 Å².